The molecule has 0 amide bonds. The number of nitrogens with zero attached hydrogens (tertiary/aromatic N) is 2. The largest absolute Gasteiger partial charge is 0.440 e. The fourth-order valence-electron chi connectivity index (χ4n) is 2.55. The molecule has 1 aliphatic heterocycles. The summed E-state index contributed by atoms with van der Waals surface area (Å²) < 4.78 is 5.76. The van der Waals surface area contributed by atoms with E-state index in [0.717, 1.165) is 42.4 Å². The first-order valence-electron chi connectivity index (χ1n) is 7.04. The van der Waals surface area contributed by atoms with E-state index in [2.05, 4.69) is 16.8 Å². The molecule has 0 spiro atoms. The Bertz CT molecular complexity index is 564. The van der Waals surface area contributed by atoms with Crippen molar-refractivity contribution >= 4 is 11.3 Å². The van der Waals surface area contributed by atoms with E-state index >= 15 is 0 Å². The fraction of sp³-hybridized carbons (Fsp3) is 0.533. The topological polar surface area (TPSA) is 49.5 Å². The molecule has 0 radical (unpaired) electrons. The summed E-state index contributed by atoms with van der Waals surface area (Å²) in [5.41, 5.74) is 0.982. The first kappa shape index (κ1) is 13.8. The zero-order valence-electron chi connectivity index (χ0n) is 11.9. The van der Waals surface area contributed by atoms with Gasteiger partial charge in [0.2, 0.25) is 5.89 Å². The van der Waals surface area contributed by atoms with Gasteiger partial charge >= 0.3 is 0 Å². The maximum absolute atomic E-state index is 9.97. The SMILES string of the molecule is Cc1oc(-c2cccs2)nc1CN1CCC(C)C(O)C1. The van der Waals surface area contributed by atoms with Crippen LogP contribution in [0.25, 0.3) is 10.8 Å². The second-order valence-electron chi connectivity index (χ2n) is 5.57. The summed E-state index contributed by atoms with van der Waals surface area (Å²) in [6.45, 7) is 6.56. The van der Waals surface area contributed by atoms with Gasteiger partial charge in [-0.25, -0.2) is 4.98 Å². The van der Waals surface area contributed by atoms with E-state index in [-0.39, 0.29) is 6.10 Å². The third-order valence-electron chi connectivity index (χ3n) is 4.00. The number of piperidine rings is 1. The lowest BCUT2D eigenvalue weighted by molar-refractivity contribution is 0.0253. The highest BCUT2D eigenvalue weighted by atomic mass is 32.1. The molecule has 2 aromatic rings. The van der Waals surface area contributed by atoms with Gasteiger partial charge in [-0.05, 0) is 37.3 Å². The summed E-state index contributed by atoms with van der Waals surface area (Å²) in [5.74, 6) is 1.98. The minimum Gasteiger partial charge on any atom is -0.440 e. The van der Waals surface area contributed by atoms with Crippen molar-refractivity contribution in [2.45, 2.75) is 32.9 Å². The third kappa shape index (κ3) is 2.80. The number of oxazole rings is 1. The lowest BCUT2D eigenvalue weighted by atomic mass is 9.96. The molecule has 1 saturated heterocycles. The van der Waals surface area contributed by atoms with Gasteiger partial charge in [-0.2, -0.15) is 0 Å². The fourth-order valence-corrected chi connectivity index (χ4v) is 3.20. The van der Waals surface area contributed by atoms with E-state index in [4.69, 9.17) is 4.42 Å². The second kappa shape index (κ2) is 5.68. The number of aliphatic hydroxyl groups is 1. The number of hydrogen-bond acceptors (Lipinski definition) is 5. The highest BCUT2D eigenvalue weighted by Gasteiger charge is 2.25. The number of hydrogen-bond donors (Lipinski definition) is 1. The van der Waals surface area contributed by atoms with Crippen LogP contribution in [0.1, 0.15) is 24.8 Å². The number of thiophene rings is 1. The van der Waals surface area contributed by atoms with Gasteiger partial charge in [-0.3, -0.25) is 4.90 Å². The van der Waals surface area contributed by atoms with Crippen molar-refractivity contribution in [3.63, 3.8) is 0 Å². The molecule has 3 rings (SSSR count). The standard InChI is InChI=1S/C15H20N2O2S/c1-10-5-6-17(9-13(10)18)8-12-11(2)19-15(16-12)14-4-3-7-20-14/h3-4,7,10,13,18H,5-6,8-9H2,1-2H3. The molecule has 5 heteroatoms. The van der Waals surface area contributed by atoms with Crippen molar-refractivity contribution < 1.29 is 9.52 Å². The molecule has 1 aliphatic rings. The molecule has 3 heterocycles. The van der Waals surface area contributed by atoms with Crippen molar-refractivity contribution in [2.24, 2.45) is 5.92 Å². The monoisotopic (exact) mass is 292 g/mol. The molecular formula is C15H20N2O2S. The summed E-state index contributed by atoms with van der Waals surface area (Å²) in [4.78, 5) is 7.93. The Hall–Kier alpha value is -1.17. The van der Waals surface area contributed by atoms with Crippen LogP contribution in [0.3, 0.4) is 0 Å². The number of aryl methyl sites for hydroxylation is 1. The molecule has 2 atom stereocenters. The van der Waals surface area contributed by atoms with Gasteiger partial charge in [-0.1, -0.05) is 13.0 Å². The molecule has 2 unspecified atom stereocenters. The van der Waals surface area contributed by atoms with E-state index in [1.54, 1.807) is 11.3 Å². The van der Waals surface area contributed by atoms with E-state index in [1.807, 2.05) is 24.4 Å². The van der Waals surface area contributed by atoms with Crippen LogP contribution in [0.5, 0.6) is 0 Å². The van der Waals surface area contributed by atoms with E-state index in [9.17, 15) is 5.11 Å². The molecule has 0 aliphatic carbocycles. The Morgan fingerprint density at radius 3 is 3.10 bits per heavy atom. The van der Waals surface area contributed by atoms with E-state index in [0.29, 0.717) is 11.8 Å². The Morgan fingerprint density at radius 2 is 2.40 bits per heavy atom. The summed E-state index contributed by atoms with van der Waals surface area (Å²) in [5, 5.41) is 12.0. The molecule has 1 N–H and O–H groups in total. The number of aromatic nitrogens is 1. The lowest BCUT2D eigenvalue weighted by Gasteiger charge is -2.33. The molecule has 2 aromatic heterocycles. The molecular weight excluding hydrogens is 272 g/mol. The number of rotatable bonds is 3. The predicted octanol–water partition coefficient (Wildman–Crippen LogP) is 2.91. The average molecular weight is 292 g/mol. The number of likely N-dealkylation sites (tertiary alicyclic amines) is 1. The van der Waals surface area contributed by atoms with Gasteiger partial charge in [0.1, 0.15) is 5.76 Å². The Balaban J connectivity index is 1.72. The normalized spacial score (nSPS) is 24.1. The lowest BCUT2D eigenvalue weighted by Crippen LogP contribution is -2.42. The van der Waals surface area contributed by atoms with Gasteiger partial charge in [-0.15, -0.1) is 11.3 Å². The van der Waals surface area contributed by atoms with Crippen LogP contribution in [0.2, 0.25) is 0 Å². The van der Waals surface area contributed by atoms with Crippen LogP contribution in [0.15, 0.2) is 21.9 Å². The molecule has 1 fully saturated rings. The minimum atomic E-state index is -0.229. The zero-order chi connectivity index (χ0) is 14.1. The third-order valence-corrected chi connectivity index (χ3v) is 4.86. The van der Waals surface area contributed by atoms with Crippen molar-refractivity contribution in [3.8, 4) is 10.8 Å². The van der Waals surface area contributed by atoms with Crippen LogP contribution < -0.4 is 0 Å². The molecule has 108 valence electrons. The van der Waals surface area contributed by atoms with Gasteiger partial charge in [0.15, 0.2) is 0 Å². The van der Waals surface area contributed by atoms with Crippen LogP contribution in [-0.4, -0.2) is 34.2 Å². The van der Waals surface area contributed by atoms with E-state index in [1.165, 1.54) is 0 Å². The highest BCUT2D eigenvalue weighted by Crippen LogP contribution is 2.27. The van der Waals surface area contributed by atoms with Gasteiger partial charge < -0.3 is 9.52 Å². The average Bonchev–Trinajstić information content (AvgIpc) is 3.04. The first-order valence-corrected chi connectivity index (χ1v) is 7.92. The molecule has 0 bridgehead atoms. The first-order chi connectivity index (χ1) is 9.63. The van der Waals surface area contributed by atoms with Crippen molar-refractivity contribution in [1.29, 1.82) is 0 Å². The Labute approximate surface area is 123 Å². The summed E-state index contributed by atoms with van der Waals surface area (Å²) >= 11 is 1.63. The van der Waals surface area contributed by atoms with Crippen LogP contribution in [0.4, 0.5) is 0 Å². The summed E-state index contributed by atoms with van der Waals surface area (Å²) in [6.07, 6.45) is 0.809. The maximum atomic E-state index is 9.97. The second-order valence-corrected chi connectivity index (χ2v) is 6.52. The maximum Gasteiger partial charge on any atom is 0.236 e. The molecule has 20 heavy (non-hydrogen) atoms. The highest BCUT2D eigenvalue weighted by molar-refractivity contribution is 7.13. The molecule has 0 saturated carbocycles. The Kier molecular flexibility index (Phi) is 3.92. The smallest absolute Gasteiger partial charge is 0.236 e. The molecule has 0 aromatic carbocycles. The quantitative estimate of drug-likeness (QED) is 0.945. The summed E-state index contributed by atoms with van der Waals surface area (Å²) in [7, 11) is 0. The minimum absolute atomic E-state index is 0.229. The Morgan fingerprint density at radius 1 is 1.55 bits per heavy atom. The van der Waals surface area contributed by atoms with Gasteiger partial charge in [0.25, 0.3) is 0 Å². The van der Waals surface area contributed by atoms with Crippen molar-refractivity contribution in [1.82, 2.24) is 9.88 Å². The van der Waals surface area contributed by atoms with Crippen LogP contribution >= 0.6 is 11.3 Å². The van der Waals surface area contributed by atoms with Crippen molar-refractivity contribution in [3.05, 3.63) is 29.0 Å². The van der Waals surface area contributed by atoms with Crippen LogP contribution in [0, 0.1) is 12.8 Å². The molecule has 4 nitrogen and oxygen atoms in total. The summed E-state index contributed by atoms with van der Waals surface area (Å²) in [6, 6.07) is 4.02. The van der Waals surface area contributed by atoms with Crippen molar-refractivity contribution in [2.75, 3.05) is 13.1 Å². The number of β-amino-alcohol motifs (C(OH)–C–C–N with tert-alkyl or cyclic N) is 1. The van der Waals surface area contributed by atoms with E-state index < -0.39 is 0 Å². The zero-order valence-corrected chi connectivity index (χ0v) is 12.7. The number of aliphatic hydroxyl groups excluding tert-OH is 1. The van der Waals surface area contributed by atoms with Crippen LogP contribution in [-0.2, 0) is 6.54 Å². The predicted molar refractivity (Wildman–Crippen MR) is 79.6 cm³/mol. The van der Waals surface area contributed by atoms with Gasteiger partial charge in [0.05, 0.1) is 16.7 Å². The van der Waals surface area contributed by atoms with Gasteiger partial charge in [0, 0.05) is 13.1 Å².